The van der Waals surface area contributed by atoms with E-state index < -0.39 is 16.0 Å². The van der Waals surface area contributed by atoms with Crippen LogP contribution in [-0.4, -0.2) is 33.4 Å². The molecule has 160 valence electrons. The summed E-state index contributed by atoms with van der Waals surface area (Å²) in [5, 5.41) is 3.06. The summed E-state index contributed by atoms with van der Waals surface area (Å²) < 4.78 is 32.9. The van der Waals surface area contributed by atoms with Crippen molar-refractivity contribution in [3.8, 4) is 0 Å². The molecule has 1 saturated carbocycles. The van der Waals surface area contributed by atoms with Gasteiger partial charge in [-0.3, -0.25) is 9.52 Å². The predicted molar refractivity (Wildman–Crippen MR) is 114 cm³/mol. The minimum absolute atomic E-state index is 0.0645. The maximum Gasteiger partial charge on any atom is 0.339 e. The average molecular weight is 451 g/mol. The molecule has 7 nitrogen and oxygen atoms in total. The number of carbonyl (C=O) groups is 2. The van der Waals surface area contributed by atoms with Crippen molar-refractivity contribution >= 4 is 39.2 Å². The van der Waals surface area contributed by atoms with Gasteiger partial charge < -0.3 is 10.1 Å². The number of para-hydroxylation sites is 1. The largest absolute Gasteiger partial charge is 0.465 e. The first-order valence-corrected chi connectivity index (χ1v) is 11.5. The summed E-state index contributed by atoms with van der Waals surface area (Å²) in [4.78, 5) is 24.4. The van der Waals surface area contributed by atoms with Gasteiger partial charge in [0.1, 0.15) is 0 Å². The topological polar surface area (TPSA) is 102 Å². The van der Waals surface area contributed by atoms with Gasteiger partial charge in [-0.05, 0) is 43.2 Å². The highest BCUT2D eigenvalue weighted by Crippen LogP contribution is 2.25. The van der Waals surface area contributed by atoms with Gasteiger partial charge in [0.05, 0.1) is 33.8 Å². The fourth-order valence-electron chi connectivity index (χ4n) is 3.42. The molecule has 2 aromatic carbocycles. The van der Waals surface area contributed by atoms with Crippen LogP contribution in [0.2, 0.25) is 5.02 Å². The van der Waals surface area contributed by atoms with Gasteiger partial charge in [0.2, 0.25) is 0 Å². The quantitative estimate of drug-likeness (QED) is 0.648. The Morgan fingerprint density at radius 1 is 1.03 bits per heavy atom. The first-order valence-electron chi connectivity index (χ1n) is 9.62. The fourth-order valence-corrected chi connectivity index (χ4v) is 4.72. The van der Waals surface area contributed by atoms with E-state index in [9.17, 15) is 18.0 Å². The monoisotopic (exact) mass is 450 g/mol. The second-order valence-corrected chi connectivity index (χ2v) is 9.18. The number of sulfonamides is 1. The third-order valence-electron chi connectivity index (χ3n) is 5.01. The lowest BCUT2D eigenvalue weighted by molar-refractivity contribution is 0.0600. The molecule has 1 fully saturated rings. The summed E-state index contributed by atoms with van der Waals surface area (Å²) in [6.07, 6.45) is 5.13. The number of hydrogen-bond donors (Lipinski definition) is 2. The van der Waals surface area contributed by atoms with Crippen molar-refractivity contribution in [3.63, 3.8) is 0 Å². The van der Waals surface area contributed by atoms with E-state index in [1.165, 1.54) is 25.3 Å². The molecule has 9 heteroatoms. The highest BCUT2D eigenvalue weighted by Gasteiger charge is 2.23. The van der Waals surface area contributed by atoms with Crippen LogP contribution in [0.1, 0.15) is 52.8 Å². The van der Waals surface area contributed by atoms with Gasteiger partial charge in [-0.2, -0.15) is 0 Å². The molecule has 0 spiro atoms. The Kier molecular flexibility index (Phi) is 6.99. The summed E-state index contributed by atoms with van der Waals surface area (Å²) >= 11 is 5.97. The van der Waals surface area contributed by atoms with Crippen molar-refractivity contribution in [2.75, 3.05) is 11.8 Å². The van der Waals surface area contributed by atoms with Crippen LogP contribution in [0.15, 0.2) is 47.4 Å². The normalized spacial score (nSPS) is 14.7. The zero-order chi connectivity index (χ0) is 21.7. The van der Waals surface area contributed by atoms with E-state index in [2.05, 4.69) is 14.8 Å². The molecular formula is C21H23ClN2O5S. The molecule has 30 heavy (non-hydrogen) atoms. The van der Waals surface area contributed by atoms with Gasteiger partial charge in [0, 0.05) is 6.04 Å². The Bertz CT molecular complexity index is 1050. The van der Waals surface area contributed by atoms with Crippen LogP contribution in [0, 0.1) is 0 Å². The molecule has 2 aromatic rings. The van der Waals surface area contributed by atoms with Gasteiger partial charge in [-0.15, -0.1) is 0 Å². The lowest BCUT2D eigenvalue weighted by atomic mass is 9.95. The minimum atomic E-state index is -4.08. The number of benzene rings is 2. The van der Waals surface area contributed by atoms with E-state index in [1.54, 1.807) is 18.2 Å². The Morgan fingerprint density at radius 3 is 2.43 bits per heavy atom. The van der Waals surface area contributed by atoms with Crippen molar-refractivity contribution in [3.05, 3.63) is 58.6 Å². The summed E-state index contributed by atoms with van der Waals surface area (Å²) in [5.41, 5.74) is 0.319. The molecule has 0 aromatic heterocycles. The number of ether oxygens (including phenoxy) is 1. The molecule has 1 aliphatic carbocycles. The standard InChI is InChI=1S/C21H23ClN2O5S/c1-29-21(26)17-13-15(11-12-18(17)22)30(27,28)24-19-10-6-5-9-16(19)20(25)23-14-7-3-2-4-8-14/h5-6,9-14,24H,2-4,7-8H2,1H3,(H,23,25). The molecular weight excluding hydrogens is 428 g/mol. The SMILES string of the molecule is COC(=O)c1cc(S(=O)(=O)Nc2ccccc2C(=O)NC2CCCCC2)ccc1Cl. The summed E-state index contributed by atoms with van der Waals surface area (Å²) in [7, 11) is -2.90. The van der Waals surface area contributed by atoms with E-state index in [0.29, 0.717) is 0 Å². The number of anilines is 1. The third-order valence-corrected chi connectivity index (χ3v) is 6.70. The van der Waals surface area contributed by atoms with E-state index in [0.717, 1.165) is 38.2 Å². The van der Waals surface area contributed by atoms with Gasteiger partial charge >= 0.3 is 5.97 Å². The van der Waals surface area contributed by atoms with E-state index >= 15 is 0 Å². The summed E-state index contributed by atoms with van der Waals surface area (Å²) in [6.45, 7) is 0. The average Bonchev–Trinajstić information content (AvgIpc) is 2.74. The maximum atomic E-state index is 12.9. The Labute approximate surface area is 180 Å². The molecule has 1 amide bonds. The van der Waals surface area contributed by atoms with Crippen molar-refractivity contribution < 1.29 is 22.7 Å². The number of rotatable bonds is 6. The van der Waals surface area contributed by atoms with E-state index in [1.807, 2.05) is 0 Å². The molecule has 2 N–H and O–H groups in total. The van der Waals surface area contributed by atoms with Crippen LogP contribution in [0.5, 0.6) is 0 Å². The number of esters is 1. The molecule has 0 saturated heterocycles. The first kappa shape index (κ1) is 22.1. The molecule has 1 aliphatic rings. The molecule has 0 aliphatic heterocycles. The first-order chi connectivity index (χ1) is 14.3. The maximum absolute atomic E-state index is 12.9. The van der Waals surface area contributed by atoms with Gasteiger partial charge in [-0.1, -0.05) is 43.0 Å². The summed E-state index contributed by atoms with van der Waals surface area (Å²) in [6, 6.07) is 10.2. The zero-order valence-electron chi connectivity index (χ0n) is 16.5. The van der Waals surface area contributed by atoms with Gasteiger partial charge in [0.15, 0.2) is 0 Å². The van der Waals surface area contributed by atoms with Gasteiger partial charge in [-0.25, -0.2) is 13.2 Å². The molecule has 0 atom stereocenters. The highest BCUT2D eigenvalue weighted by molar-refractivity contribution is 7.92. The van der Waals surface area contributed by atoms with Crippen LogP contribution >= 0.6 is 11.6 Å². The molecule has 0 bridgehead atoms. The lowest BCUT2D eigenvalue weighted by Gasteiger charge is -2.23. The number of hydrogen-bond acceptors (Lipinski definition) is 5. The molecule has 0 heterocycles. The Balaban J connectivity index is 1.85. The number of nitrogens with one attached hydrogen (secondary N) is 2. The van der Waals surface area contributed by atoms with E-state index in [4.69, 9.17) is 11.6 Å². The number of methoxy groups -OCH3 is 1. The molecule has 0 unspecified atom stereocenters. The third kappa shape index (κ3) is 5.12. The molecule has 0 radical (unpaired) electrons. The number of amides is 1. The number of halogens is 1. The van der Waals surface area contributed by atoms with Crippen LogP contribution in [0.3, 0.4) is 0 Å². The Morgan fingerprint density at radius 2 is 1.73 bits per heavy atom. The lowest BCUT2D eigenvalue weighted by Crippen LogP contribution is -2.36. The zero-order valence-corrected chi connectivity index (χ0v) is 18.1. The van der Waals surface area contributed by atoms with Crippen LogP contribution in [0.25, 0.3) is 0 Å². The van der Waals surface area contributed by atoms with Gasteiger partial charge in [0.25, 0.3) is 15.9 Å². The van der Waals surface area contributed by atoms with Crippen molar-refractivity contribution in [1.29, 1.82) is 0 Å². The number of carbonyl (C=O) groups excluding carboxylic acids is 2. The van der Waals surface area contributed by atoms with E-state index in [-0.39, 0.29) is 38.7 Å². The fraction of sp³-hybridized carbons (Fsp3) is 0.333. The van der Waals surface area contributed by atoms with Crippen LogP contribution in [-0.2, 0) is 14.8 Å². The van der Waals surface area contributed by atoms with Crippen molar-refractivity contribution in [2.45, 2.75) is 43.0 Å². The molecule has 3 rings (SSSR count). The minimum Gasteiger partial charge on any atom is -0.465 e. The van der Waals surface area contributed by atoms with Crippen LogP contribution < -0.4 is 10.0 Å². The summed E-state index contributed by atoms with van der Waals surface area (Å²) in [5.74, 6) is -1.07. The van der Waals surface area contributed by atoms with Crippen LogP contribution in [0.4, 0.5) is 5.69 Å². The highest BCUT2D eigenvalue weighted by atomic mass is 35.5. The smallest absolute Gasteiger partial charge is 0.339 e. The van der Waals surface area contributed by atoms with Crippen molar-refractivity contribution in [2.24, 2.45) is 0 Å². The Hall–Kier alpha value is -2.58. The van der Waals surface area contributed by atoms with Crippen molar-refractivity contribution in [1.82, 2.24) is 5.32 Å². The predicted octanol–water partition coefficient (Wildman–Crippen LogP) is 3.99. The second-order valence-electron chi connectivity index (χ2n) is 7.09. The second kappa shape index (κ2) is 9.49.